The lowest BCUT2D eigenvalue weighted by Crippen LogP contribution is -2.35. The number of anilines is 1. The van der Waals surface area contributed by atoms with Gasteiger partial charge in [0.1, 0.15) is 11.6 Å². The quantitative estimate of drug-likeness (QED) is 0.659. The van der Waals surface area contributed by atoms with Crippen LogP contribution >= 0.6 is 0 Å². The summed E-state index contributed by atoms with van der Waals surface area (Å²) in [5, 5.41) is 3.90. The number of carbonyl (C=O) groups is 1. The first-order valence-corrected chi connectivity index (χ1v) is 9.27. The van der Waals surface area contributed by atoms with Crippen molar-refractivity contribution < 1.29 is 18.1 Å². The maximum absolute atomic E-state index is 13.6. The Hall–Kier alpha value is -3.09. The second-order valence-corrected chi connectivity index (χ2v) is 6.79. The van der Waals surface area contributed by atoms with Crippen LogP contribution in [0.15, 0.2) is 47.0 Å². The number of hydrogen-bond acceptors (Lipinski definition) is 4. The fraction of sp³-hybridized carbons (Fsp3) is 0.286. The molecule has 4 rings (SSSR count). The van der Waals surface area contributed by atoms with Crippen LogP contribution in [0.25, 0.3) is 11.4 Å². The second kappa shape index (κ2) is 7.88. The molecule has 0 aliphatic carbocycles. The standard InChI is InChI=1S/C21H19F2N3O2/c22-16-9-7-15(8-10-16)21-24-19(28-25-21)4-1-5-20(27)26-12-2-3-14-6-11-17(23)13-18(14)26/h6-11,13H,1-5,12H2. The first-order chi connectivity index (χ1) is 13.6. The normalized spacial score (nSPS) is 13.4. The van der Waals surface area contributed by atoms with Crippen molar-refractivity contribution >= 4 is 11.6 Å². The third-order valence-corrected chi connectivity index (χ3v) is 4.82. The molecule has 2 aromatic carbocycles. The molecule has 0 N–H and O–H groups in total. The van der Waals surface area contributed by atoms with Crippen LogP contribution in [0.3, 0.4) is 0 Å². The van der Waals surface area contributed by atoms with Crippen molar-refractivity contribution in [1.82, 2.24) is 10.1 Å². The van der Waals surface area contributed by atoms with Crippen LogP contribution in [-0.4, -0.2) is 22.6 Å². The monoisotopic (exact) mass is 383 g/mol. The summed E-state index contributed by atoms with van der Waals surface area (Å²) < 4.78 is 31.8. The van der Waals surface area contributed by atoms with Crippen LogP contribution in [0.5, 0.6) is 0 Å². The van der Waals surface area contributed by atoms with E-state index >= 15 is 0 Å². The Morgan fingerprint density at radius 1 is 1.11 bits per heavy atom. The third kappa shape index (κ3) is 3.93. The molecule has 28 heavy (non-hydrogen) atoms. The predicted octanol–water partition coefficient (Wildman–Crippen LogP) is 4.32. The molecule has 144 valence electrons. The van der Waals surface area contributed by atoms with Crippen molar-refractivity contribution in [2.75, 3.05) is 11.4 Å². The van der Waals surface area contributed by atoms with Gasteiger partial charge in [-0.2, -0.15) is 4.98 Å². The fourth-order valence-electron chi connectivity index (χ4n) is 3.41. The lowest BCUT2D eigenvalue weighted by Gasteiger charge is -2.29. The molecule has 0 saturated heterocycles. The van der Waals surface area contributed by atoms with E-state index in [1.165, 1.54) is 24.3 Å². The third-order valence-electron chi connectivity index (χ3n) is 4.82. The molecule has 0 bridgehead atoms. The highest BCUT2D eigenvalue weighted by atomic mass is 19.1. The van der Waals surface area contributed by atoms with Gasteiger partial charge in [-0.15, -0.1) is 0 Å². The van der Waals surface area contributed by atoms with Gasteiger partial charge in [-0.1, -0.05) is 11.2 Å². The minimum Gasteiger partial charge on any atom is -0.339 e. The fourth-order valence-corrected chi connectivity index (χ4v) is 3.41. The Labute approximate surface area is 161 Å². The average molecular weight is 383 g/mol. The van der Waals surface area contributed by atoms with Gasteiger partial charge in [-0.3, -0.25) is 4.79 Å². The summed E-state index contributed by atoms with van der Waals surface area (Å²) in [4.78, 5) is 18.6. The lowest BCUT2D eigenvalue weighted by atomic mass is 10.0. The number of nitrogens with zero attached hydrogens (tertiary/aromatic N) is 3. The molecule has 1 aromatic heterocycles. The number of halogens is 2. The summed E-state index contributed by atoms with van der Waals surface area (Å²) in [5.74, 6) is 0.117. The number of rotatable bonds is 5. The number of fused-ring (bicyclic) bond motifs is 1. The molecular formula is C21H19F2N3O2. The Balaban J connectivity index is 1.35. The van der Waals surface area contributed by atoms with Crippen LogP contribution in [-0.2, 0) is 17.6 Å². The number of carbonyl (C=O) groups excluding carboxylic acids is 1. The van der Waals surface area contributed by atoms with Gasteiger partial charge < -0.3 is 9.42 Å². The summed E-state index contributed by atoms with van der Waals surface area (Å²) in [6.45, 7) is 0.602. The van der Waals surface area contributed by atoms with Gasteiger partial charge in [0.15, 0.2) is 0 Å². The van der Waals surface area contributed by atoms with Crippen LogP contribution in [0.4, 0.5) is 14.5 Å². The van der Waals surface area contributed by atoms with Crippen molar-refractivity contribution in [1.29, 1.82) is 0 Å². The minimum absolute atomic E-state index is 0.0372. The van der Waals surface area contributed by atoms with Crippen LogP contribution in [0.1, 0.15) is 30.7 Å². The van der Waals surface area contributed by atoms with Gasteiger partial charge in [0.25, 0.3) is 0 Å². The van der Waals surface area contributed by atoms with Gasteiger partial charge in [0, 0.05) is 30.6 Å². The first kappa shape index (κ1) is 18.3. The van der Waals surface area contributed by atoms with Gasteiger partial charge in [0.2, 0.25) is 17.6 Å². The zero-order valence-corrected chi connectivity index (χ0v) is 15.2. The molecule has 3 aromatic rings. The molecule has 1 amide bonds. The van der Waals surface area contributed by atoms with Crippen LogP contribution < -0.4 is 4.90 Å². The maximum atomic E-state index is 13.6. The van der Waals surface area contributed by atoms with E-state index in [0.717, 1.165) is 18.4 Å². The molecule has 0 fully saturated rings. The first-order valence-electron chi connectivity index (χ1n) is 9.27. The summed E-state index contributed by atoms with van der Waals surface area (Å²) >= 11 is 0. The molecule has 0 saturated carbocycles. The second-order valence-electron chi connectivity index (χ2n) is 6.79. The van der Waals surface area contributed by atoms with Gasteiger partial charge >= 0.3 is 0 Å². The number of aromatic nitrogens is 2. The van der Waals surface area contributed by atoms with Gasteiger partial charge in [-0.25, -0.2) is 8.78 Å². The lowest BCUT2D eigenvalue weighted by molar-refractivity contribution is -0.118. The number of hydrogen-bond donors (Lipinski definition) is 0. The predicted molar refractivity (Wildman–Crippen MR) is 99.7 cm³/mol. The highest BCUT2D eigenvalue weighted by Gasteiger charge is 2.23. The van der Waals surface area contributed by atoms with Crippen molar-refractivity contribution in [2.24, 2.45) is 0 Å². The number of benzene rings is 2. The molecule has 2 heterocycles. The van der Waals surface area contributed by atoms with E-state index in [1.807, 2.05) is 0 Å². The average Bonchev–Trinajstić information content (AvgIpc) is 3.17. The molecule has 0 unspecified atom stereocenters. The molecule has 0 radical (unpaired) electrons. The van der Waals surface area contributed by atoms with Crippen molar-refractivity contribution in [3.8, 4) is 11.4 Å². The minimum atomic E-state index is -0.336. The van der Waals surface area contributed by atoms with E-state index in [0.29, 0.717) is 48.8 Å². The van der Waals surface area contributed by atoms with Gasteiger partial charge in [0.05, 0.1) is 0 Å². The highest BCUT2D eigenvalue weighted by molar-refractivity contribution is 5.94. The Morgan fingerprint density at radius 2 is 1.89 bits per heavy atom. The molecule has 7 heteroatoms. The van der Waals surface area contributed by atoms with Crippen LogP contribution in [0.2, 0.25) is 0 Å². The smallest absolute Gasteiger partial charge is 0.227 e. The van der Waals surface area contributed by atoms with E-state index in [9.17, 15) is 13.6 Å². The highest BCUT2D eigenvalue weighted by Crippen LogP contribution is 2.28. The van der Waals surface area contributed by atoms with E-state index in [4.69, 9.17) is 4.52 Å². The molecule has 0 atom stereocenters. The number of aryl methyl sites for hydroxylation is 2. The van der Waals surface area contributed by atoms with Crippen molar-refractivity contribution in [2.45, 2.75) is 32.1 Å². The summed E-state index contributed by atoms with van der Waals surface area (Å²) in [5.41, 5.74) is 2.34. The Kier molecular flexibility index (Phi) is 5.14. The van der Waals surface area contributed by atoms with E-state index in [2.05, 4.69) is 10.1 Å². The summed E-state index contributed by atoms with van der Waals surface area (Å²) in [6.07, 6.45) is 3.04. The molecule has 1 aliphatic heterocycles. The molecule has 5 nitrogen and oxygen atoms in total. The molecule has 1 aliphatic rings. The van der Waals surface area contributed by atoms with Crippen molar-refractivity contribution in [3.05, 3.63) is 65.6 Å². The van der Waals surface area contributed by atoms with Crippen LogP contribution in [0, 0.1) is 11.6 Å². The number of amides is 1. The maximum Gasteiger partial charge on any atom is 0.227 e. The summed E-state index contributed by atoms with van der Waals surface area (Å²) in [7, 11) is 0. The Bertz CT molecular complexity index is 986. The zero-order valence-electron chi connectivity index (χ0n) is 15.2. The SMILES string of the molecule is O=C(CCCc1nc(-c2ccc(F)cc2)no1)N1CCCc2ccc(F)cc21. The topological polar surface area (TPSA) is 59.2 Å². The molecular weight excluding hydrogens is 364 g/mol. The summed E-state index contributed by atoms with van der Waals surface area (Å²) in [6, 6.07) is 10.5. The zero-order chi connectivity index (χ0) is 19.5. The van der Waals surface area contributed by atoms with E-state index < -0.39 is 0 Å². The Morgan fingerprint density at radius 3 is 2.71 bits per heavy atom. The molecule has 0 spiro atoms. The van der Waals surface area contributed by atoms with E-state index in [-0.39, 0.29) is 17.5 Å². The van der Waals surface area contributed by atoms with Crippen molar-refractivity contribution in [3.63, 3.8) is 0 Å². The largest absolute Gasteiger partial charge is 0.339 e. The van der Waals surface area contributed by atoms with Gasteiger partial charge in [-0.05, 0) is 61.2 Å². The van der Waals surface area contributed by atoms with E-state index in [1.54, 1.807) is 23.1 Å².